The van der Waals surface area contributed by atoms with E-state index in [1.165, 1.54) is 12.2 Å². The van der Waals surface area contributed by atoms with Crippen molar-refractivity contribution in [3.63, 3.8) is 0 Å². The van der Waals surface area contributed by atoms with Gasteiger partial charge in [-0.2, -0.15) is 0 Å². The van der Waals surface area contributed by atoms with E-state index in [4.69, 9.17) is 14.7 Å². The summed E-state index contributed by atoms with van der Waals surface area (Å²) in [5.74, 6) is -1.26. The summed E-state index contributed by atoms with van der Waals surface area (Å²) < 4.78 is 5.25. The van der Waals surface area contributed by atoms with Gasteiger partial charge in [0.2, 0.25) is 5.91 Å². The summed E-state index contributed by atoms with van der Waals surface area (Å²) in [5, 5.41) is 2.84. The zero-order chi connectivity index (χ0) is 38.0. The predicted molar refractivity (Wildman–Crippen MR) is 210 cm³/mol. The first-order valence-corrected chi connectivity index (χ1v) is 17.8. The number of amides is 3. The second kappa shape index (κ2) is 15.2. The molecule has 3 aromatic heterocycles. The summed E-state index contributed by atoms with van der Waals surface area (Å²) in [6, 6.07) is 8.06. The number of imide groups is 1. The summed E-state index contributed by atoms with van der Waals surface area (Å²) in [5.41, 5.74) is 14.1. The Balaban J connectivity index is 1.48. The fraction of sp³-hybridized carbons (Fsp3) is 0.286. The molecule has 3 aliphatic heterocycles. The molecule has 53 heavy (non-hydrogen) atoms. The number of hydrogen-bond donors (Lipinski definition) is 3. The lowest BCUT2D eigenvalue weighted by Gasteiger charge is -2.14. The predicted octanol–water partition coefficient (Wildman–Crippen LogP) is 7.24. The van der Waals surface area contributed by atoms with Gasteiger partial charge in [-0.1, -0.05) is 25.3 Å². The van der Waals surface area contributed by atoms with Crippen molar-refractivity contribution in [2.45, 2.75) is 60.3 Å². The summed E-state index contributed by atoms with van der Waals surface area (Å²) in [6.07, 6.45) is 7.31. The number of carbonyl (C=O) groups is 4. The minimum Gasteiger partial charge on any atom is -0.466 e. The third-order valence-corrected chi connectivity index (χ3v) is 10.1. The van der Waals surface area contributed by atoms with E-state index >= 15 is 0 Å². The fourth-order valence-electron chi connectivity index (χ4n) is 7.05. The van der Waals surface area contributed by atoms with Crippen molar-refractivity contribution < 1.29 is 23.9 Å². The van der Waals surface area contributed by atoms with Gasteiger partial charge in [-0.05, 0) is 105 Å². The molecular formula is C42H44N6O5. The Kier molecular flexibility index (Phi) is 10.6. The Morgan fingerprint density at radius 3 is 1.81 bits per heavy atom. The molecule has 3 N–H and O–H groups in total. The third kappa shape index (κ3) is 7.32. The van der Waals surface area contributed by atoms with Gasteiger partial charge in [-0.3, -0.25) is 24.1 Å². The largest absolute Gasteiger partial charge is 0.466 e. The number of allylic oxidation sites excluding steroid dienone is 4. The number of esters is 1. The number of hydrogen-bond acceptors (Lipinski definition) is 7. The molecular weight excluding hydrogens is 668 g/mol. The van der Waals surface area contributed by atoms with Gasteiger partial charge in [-0.15, -0.1) is 0 Å². The van der Waals surface area contributed by atoms with E-state index in [0.717, 1.165) is 82.9 Å². The van der Waals surface area contributed by atoms with Crippen molar-refractivity contribution in [1.29, 1.82) is 0 Å². The topological polar surface area (TPSA) is 150 Å². The molecule has 0 aliphatic carbocycles. The molecule has 0 fully saturated rings. The molecule has 6 rings (SSSR count). The molecule has 0 saturated carbocycles. The van der Waals surface area contributed by atoms with Gasteiger partial charge < -0.3 is 20.0 Å². The first kappa shape index (κ1) is 36.7. The van der Waals surface area contributed by atoms with Crippen LogP contribution in [0.4, 0.5) is 0 Å². The van der Waals surface area contributed by atoms with Gasteiger partial charge in [0.15, 0.2) is 0 Å². The fourth-order valence-corrected chi connectivity index (χ4v) is 7.05. The maximum atomic E-state index is 13.0. The van der Waals surface area contributed by atoms with Gasteiger partial charge >= 0.3 is 5.97 Å². The molecule has 0 atom stereocenters. The van der Waals surface area contributed by atoms with Gasteiger partial charge in [-0.25, -0.2) is 9.97 Å². The Hall–Kier alpha value is -6.10. The lowest BCUT2D eigenvalue weighted by molar-refractivity contribution is -0.143. The Labute approximate surface area is 308 Å². The van der Waals surface area contributed by atoms with Crippen LogP contribution in [0.1, 0.15) is 91.5 Å². The van der Waals surface area contributed by atoms with Crippen LogP contribution in [-0.4, -0.2) is 68.2 Å². The lowest BCUT2D eigenvalue weighted by Crippen LogP contribution is -2.38. The number of nitrogens with one attached hydrogen (secondary N) is 3. The normalized spacial score (nSPS) is 14.0. The quantitative estimate of drug-likeness (QED) is 0.132. The van der Waals surface area contributed by atoms with Crippen molar-refractivity contribution in [3.05, 3.63) is 94.6 Å². The molecule has 0 spiro atoms. The van der Waals surface area contributed by atoms with E-state index in [-0.39, 0.29) is 49.6 Å². The smallest absolute Gasteiger partial charge is 0.306 e. The number of carbonyl (C=O) groups excluding carboxylic acids is 4. The molecule has 0 unspecified atom stereocenters. The molecule has 3 aromatic rings. The van der Waals surface area contributed by atoms with Crippen LogP contribution in [0.25, 0.3) is 56.5 Å². The van der Waals surface area contributed by atoms with Crippen LogP contribution in [-0.2, 0) is 23.9 Å². The van der Waals surface area contributed by atoms with E-state index in [1.807, 2.05) is 51.1 Å². The zero-order valence-electron chi connectivity index (χ0n) is 30.9. The van der Waals surface area contributed by atoms with Crippen LogP contribution >= 0.6 is 0 Å². The van der Waals surface area contributed by atoms with Crippen molar-refractivity contribution in [2.75, 3.05) is 19.7 Å². The standard InChI is InChI=1S/C42H44N6O5/c1-8-27-23(4)31-19-32-25(6)29(11-13-39(49)43-17-18-48-40(50)14-15-41(48)51)37(46-32)22-38-30(12-16-42(52)53-10-3)26(7)34(47-38)21-36-28(9-2)24(5)33(45-36)20-35(27)44-31/h8-9,14-15,19-22,44-45H,1-2,10-13,16-18H2,3-7H3,(H,43,49). The molecule has 6 heterocycles. The number of nitrogens with zero attached hydrogens (tertiary/aromatic N) is 3. The number of aryl methyl sites for hydroxylation is 2. The van der Waals surface area contributed by atoms with Crippen LogP contribution in [0.2, 0.25) is 0 Å². The average Bonchev–Trinajstić information content (AvgIpc) is 3.87. The lowest BCUT2D eigenvalue weighted by atomic mass is 9.98. The van der Waals surface area contributed by atoms with Gasteiger partial charge in [0, 0.05) is 71.3 Å². The van der Waals surface area contributed by atoms with Gasteiger partial charge in [0.05, 0.1) is 29.4 Å². The number of H-pyrrole nitrogens is 2. The minimum absolute atomic E-state index is 0.0978. The van der Waals surface area contributed by atoms with Crippen LogP contribution in [0, 0.1) is 13.8 Å². The zero-order valence-corrected chi connectivity index (χ0v) is 30.9. The first-order chi connectivity index (χ1) is 25.4. The van der Waals surface area contributed by atoms with Crippen molar-refractivity contribution >= 4 is 80.2 Å². The molecule has 272 valence electrons. The Bertz CT molecular complexity index is 2330. The number of fused-ring (bicyclic) bond motifs is 8. The maximum absolute atomic E-state index is 13.0. The highest BCUT2D eigenvalue weighted by Gasteiger charge is 2.25. The van der Waals surface area contributed by atoms with Crippen LogP contribution in [0.3, 0.4) is 0 Å². The van der Waals surface area contributed by atoms with Crippen molar-refractivity contribution in [3.8, 4) is 0 Å². The molecule has 3 aliphatic rings. The number of ether oxygens (including phenoxy) is 1. The van der Waals surface area contributed by atoms with Gasteiger partial charge in [0.25, 0.3) is 11.8 Å². The summed E-state index contributed by atoms with van der Waals surface area (Å²) in [7, 11) is 0. The summed E-state index contributed by atoms with van der Waals surface area (Å²) >= 11 is 0. The van der Waals surface area contributed by atoms with E-state index in [2.05, 4.69) is 41.4 Å². The van der Waals surface area contributed by atoms with E-state index in [0.29, 0.717) is 30.8 Å². The van der Waals surface area contributed by atoms with E-state index in [9.17, 15) is 19.2 Å². The number of aromatic amines is 2. The van der Waals surface area contributed by atoms with Crippen LogP contribution in [0.15, 0.2) is 49.6 Å². The molecule has 0 aromatic carbocycles. The maximum Gasteiger partial charge on any atom is 0.306 e. The highest BCUT2D eigenvalue weighted by atomic mass is 16.5. The summed E-state index contributed by atoms with van der Waals surface area (Å²) in [4.78, 5) is 67.9. The minimum atomic E-state index is -0.386. The van der Waals surface area contributed by atoms with Crippen LogP contribution in [0.5, 0.6) is 0 Å². The molecule has 0 saturated heterocycles. The molecule has 0 radical (unpaired) electrons. The van der Waals surface area contributed by atoms with Gasteiger partial charge in [0.1, 0.15) is 0 Å². The van der Waals surface area contributed by atoms with Crippen LogP contribution < -0.4 is 5.32 Å². The summed E-state index contributed by atoms with van der Waals surface area (Å²) in [6.45, 7) is 18.7. The number of aromatic nitrogens is 4. The number of rotatable bonds is 12. The Morgan fingerprint density at radius 1 is 0.755 bits per heavy atom. The molecule has 11 nitrogen and oxygen atoms in total. The first-order valence-electron chi connectivity index (χ1n) is 17.8. The third-order valence-electron chi connectivity index (χ3n) is 10.1. The second-order valence-corrected chi connectivity index (χ2v) is 13.3. The second-order valence-electron chi connectivity index (χ2n) is 13.3. The van der Waals surface area contributed by atoms with Crippen molar-refractivity contribution in [1.82, 2.24) is 30.2 Å². The molecule has 11 heteroatoms. The monoisotopic (exact) mass is 712 g/mol. The van der Waals surface area contributed by atoms with Crippen molar-refractivity contribution in [2.24, 2.45) is 0 Å². The molecule has 8 bridgehead atoms. The highest BCUT2D eigenvalue weighted by molar-refractivity contribution is 6.13. The van der Waals surface area contributed by atoms with E-state index < -0.39 is 0 Å². The average molecular weight is 713 g/mol. The SMILES string of the molecule is C=Cc1c(C)c2cc3[nH]c(cc4nc(cc5nc(cc1[nH]2)C(C)=C5CCC(=O)OCC)C(CCC(=O)NCCN1C(=O)C=CC1=O)=C4C)c(C)c3C=C. The Morgan fingerprint density at radius 2 is 1.26 bits per heavy atom. The molecule has 3 amide bonds. The highest BCUT2D eigenvalue weighted by Crippen LogP contribution is 2.38. The van der Waals surface area contributed by atoms with E-state index in [1.54, 1.807) is 6.92 Å².